The molecule has 2 amide bonds. The minimum absolute atomic E-state index is 0.0525. The van der Waals surface area contributed by atoms with Crippen LogP contribution in [0, 0.1) is 0 Å². The fourth-order valence-corrected chi connectivity index (χ4v) is 4.49. The van der Waals surface area contributed by atoms with E-state index in [1.54, 1.807) is 20.8 Å². The molecule has 2 heterocycles. The number of ether oxygens (including phenoxy) is 1. The molecule has 2 aromatic carbocycles. The molecule has 0 saturated carbocycles. The monoisotopic (exact) mass is 533 g/mol. The molecule has 1 atom stereocenters. The summed E-state index contributed by atoms with van der Waals surface area (Å²) in [4.78, 5) is 24.0. The number of nitrogens with one attached hydrogen (secondary N) is 3. The molecule has 1 aliphatic heterocycles. The molecule has 0 bridgehead atoms. The van der Waals surface area contributed by atoms with E-state index in [1.165, 1.54) is 23.5 Å². The van der Waals surface area contributed by atoms with E-state index in [0.717, 1.165) is 28.9 Å². The van der Waals surface area contributed by atoms with Crippen molar-refractivity contribution in [3.63, 3.8) is 0 Å². The van der Waals surface area contributed by atoms with Crippen molar-refractivity contribution in [2.45, 2.75) is 51.4 Å². The number of hydrogen-bond donors (Lipinski definition) is 3. The first-order valence-electron chi connectivity index (χ1n) is 11.5. The number of aromatic nitrogens is 2. The average Bonchev–Trinajstić information content (AvgIpc) is 3.41. The summed E-state index contributed by atoms with van der Waals surface area (Å²) in [6.07, 6.45) is -4.48. The molecule has 0 aliphatic carbocycles. The molecular formula is C25H26F3N5O3S. The summed E-state index contributed by atoms with van der Waals surface area (Å²) in [5, 5.41) is 18.3. The number of alkyl carbamates (subject to hydrolysis) is 1. The largest absolute Gasteiger partial charge is 0.444 e. The molecule has 3 aromatic rings. The third kappa shape index (κ3) is 7.19. The minimum atomic E-state index is -4.42. The van der Waals surface area contributed by atoms with Gasteiger partial charge in [-0.2, -0.15) is 13.2 Å². The summed E-state index contributed by atoms with van der Waals surface area (Å²) in [5.74, 6) is -0.0525. The number of anilines is 2. The Balaban J connectivity index is 1.44. The molecule has 196 valence electrons. The van der Waals surface area contributed by atoms with Crippen molar-refractivity contribution < 1.29 is 27.5 Å². The number of alkyl halides is 3. The first-order chi connectivity index (χ1) is 17.4. The van der Waals surface area contributed by atoms with Crippen LogP contribution < -0.4 is 16.0 Å². The quantitative estimate of drug-likeness (QED) is 0.382. The highest BCUT2D eigenvalue weighted by atomic mass is 32.1. The van der Waals surface area contributed by atoms with Gasteiger partial charge in [0.05, 0.1) is 18.0 Å². The van der Waals surface area contributed by atoms with Crippen LogP contribution in [0.15, 0.2) is 42.5 Å². The Bertz CT molecular complexity index is 1290. The summed E-state index contributed by atoms with van der Waals surface area (Å²) < 4.78 is 44.1. The van der Waals surface area contributed by atoms with Crippen molar-refractivity contribution in [3.8, 4) is 10.6 Å². The van der Waals surface area contributed by atoms with Crippen molar-refractivity contribution in [2.24, 2.45) is 0 Å². The van der Waals surface area contributed by atoms with Gasteiger partial charge in [-0.25, -0.2) is 4.79 Å². The van der Waals surface area contributed by atoms with E-state index in [2.05, 4.69) is 26.1 Å². The third-order valence-corrected chi connectivity index (χ3v) is 6.32. The van der Waals surface area contributed by atoms with Gasteiger partial charge in [-0.05, 0) is 68.7 Å². The molecule has 1 aliphatic rings. The summed E-state index contributed by atoms with van der Waals surface area (Å²) >= 11 is 1.31. The van der Waals surface area contributed by atoms with Crippen LogP contribution in [0.3, 0.4) is 0 Å². The molecule has 8 nitrogen and oxygen atoms in total. The van der Waals surface area contributed by atoms with E-state index in [-0.39, 0.29) is 18.9 Å². The predicted octanol–water partition coefficient (Wildman–Crippen LogP) is 5.27. The highest BCUT2D eigenvalue weighted by molar-refractivity contribution is 7.18. The number of carbonyl (C=O) groups excluding carboxylic acids is 2. The lowest BCUT2D eigenvalue weighted by atomic mass is 10.0. The molecule has 0 fully saturated rings. The molecule has 3 N–H and O–H groups in total. The van der Waals surface area contributed by atoms with Crippen LogP contribution in [-0.2, 0) is 28.5 Å². The molecule has 0 unspecified atom stereocenters. The number of amides is 2. The summed E-state index contributed by atoms with van der Waals surface area (Å²) in [6, 6.07) is 9.90. The zero-order chi connectivity index (χ0) is 26.8. The van der Waals surface area contributed by atoms with Gasteiger partial charge in [0.1, 0.15) is 10.6 Å². The topological polar surface area (TPSA) is 105 Å². The van der Waals surface area contributed by atoms with E-state index in [0.29, 0.717) is 22.1 Å². The lowest BCUT2D eigenvalue weighted by molar-refractivity contribution is -0.137. The second-order valence-electron chi connectivity index (χ2n) is 9.63. The number of halogens is 3. The normalized spacial score (nSPS) is 14.1. The first kappa shape index (κ1) is 26.4. The predicted molar refractivity (Wildman–Crippen MR) is 134 cm³/mol. The van der Waals surface area contributed by atoms with Crippen LogP contribution in [0.4, 0.5) is 28.8 Å². The number of rotatable bonds is 7. The van der Waals surface area contributed by atoms with Crippen LogP contribution in [0.2, 0.25) is 0 Å². The summed E-state index contributed by atoms with van der Waals surface area (Å²) in [6.45, 7) is 5.45. The van der Waals surface area contributed by atoms with Gasteiger partial charge >= 0.3 is 12.3 Å². The first-order valence-corrected chi connectivity index (χ1v) is 12.3. The SMILES string of the molecule is CC(C)(C)OC(=O)N[C@H](CNc1nnc(-c2ccc3c(c2)CC(=O)N3)s1)Cc1ccc(C(F)(F)F)cc1. The summed E-state index contributed by atoms with van der Waals surface area (Å²) in [7, 11) is 0. The van der Waals surface area contributed by atoms with Gasteiger partial charge in [0.25, 0.3) is 0 Å². The number of benzene rings is 2. The van der Waals surface area contributed by atoms with Crippen molar-refractivity contribution in [1.29, 1.82) is 0 Å². The van der Waals surface area contributed by atoms with Gasteiger partial charge in [-0.3, -0.25) is 4.79 Å². The van der Waals surface area contributed by atoms with E-state index in [4.69, 9.17) is 4.74 Å². The standard InChI is InChI=1S/C25H26F3N5O3S/c1-24(2,3)36-23(35)30-18(10-14-4-7-17(8-5-14)25(26,27)28)13-29-22-33-32-21(37-22)15-6-9-19-16(11-15)12-20(34)31-19/h4-9,11,18H,10,12-13H2,1-3H3,(H,29,33)(H,30,35)(H,31,34)/t18-/m0/s1. The fourth-order valence-electron chi connectivity index (χ4n) is 3.75. The maximum atomic E-state index is 12.9. The Kier molecular flexibility index (Phi) is 7.39. The molecule has 0 radical (unpaired) electrons. The van der Waals surface area contributed by atoms with Crippen LogP contribution in [-0.4, -0.2) is 40.4 Å². The van der Waals surface area contributed by atoms with Gasteiger partial charge in [-0.15, -0.1) is 10.2 Å². The maximum absolute atomic E-state index is 12.9. The Hall–Kier alpha value is -3.67. The number of fused-ring (bicyclic) bond motifs is 1. The molecule has 0 spiro atoms. The third-order valence-electron chi connectivity index (χ3n) is 5.39. The molecule has 4 rings (SSSR count). The fraction of sp³-hybridized carbons (Fsp3) is 0.360. The Morgan fingerprint density at radius 1 is 1.14 bits per heavy atom. The van der Waals surface area contributed by atoms with E-state index >= 15 is 0 Å². The van der Waals surface area contributed by atoms with Crippen LogP contribution >= 0.6 is 11.3 Å². The van der Waals surface area contributed by atoms with Crippen LogP contribution in [0.1, 0.15) is 37.5 Å². The highest BCUT2D eigenvalue weighted by Crippen LogP contribution is 2.32. The molecule has 37 heavy (non-hydrogen) atoms. The van der Waals surface area contributed by atoms with Gasteiger partial charge in [0.15, 0.2) is 0 Å². The number of carbonyl (C=O) groups is 2. The van der Waals surface area contributed by atoms with Crippen molar-refractivity contribution in [2.75, 3.05) is 17.2 Å². The van der Waals surface area contributed by atoms with Crippen molar-refractivity contribution in [1.82, 2.24) is 15.5 Å². The van der Waals surface area contributed by atoms with Gasteiger partial charge < -0.3 is 20.7 Å². The average molecular weight is 534 g/mol. The van der Waals surface area contributed by atoms with E-state index in [1.807, 2.05) is 18.2 Å². The van der Waals surface area contributed by atoms with Crippen LogP contribution in [0.5, 0.6) is 0 Å². The molecular weight excluding hydrogens is 507 g/mol. The van der Waals surface area contributed by atoms with Gasteiger partial charge in [0, 0.05) is 17.8 Å². The number of nitrogens with zero attached hydrogens (tertiary/aromatic N) is 2. The van der Waals surface area contributed by atoms with Crippen molar-refractivity contribution in [3.05, 3.63) is 59.2 Å². The smallest absolute Gasteiger partial charge is 0.416 e. The van der Waals surface area contributed by atoms with Crippen LogP contribution in [0.25, 0.3) is 10.6 Å². The summed E-state index contributed by atoms with van der Waals surface area (Å²) in [5.41, 5.74) is 1.69. The van der Waals surface area contributed by atoms with Gasteiger partial charge in [0.2, 0.25) is 11.0 Å². The second kappa shape index (κ2) is 10.4. The molecule has 1 aromatic heterocycles. The maximum Gasteiger partial charge on any atom is 0.416 e. The highest BCUT2D eigenvalue weighted by Gasteiger charge is 2.30. The second-order valence-corrected chi connectivity index (χ2v) is 10.6. The minimum Gasteiger partial charge on any atom is -0.444 e. The van der Waals surface area contributed by atoms with E-state index in [9.17, 15) is 22.8 Å². The number of hydrogen-bond acceptors (Lipinski definition) is 7. The Morgan fingerprint density at radius 2 is 1.86 bits per heavy atom. The zero-order valence-electron chi connectivity index (χ0n) is 20.4. The lowest BCUT2D eigenvalue weighted by Crippen LogP contribution is -2.43. The molecule has 0 saturated heterocycles. The van der Waals surface area contributed by atoms with E-state index < -0.39 is 29.5 Å². The zero-order valence-corrected chi connectivity index (χ0v) is 21.2. The Labute approximate surface area is 215 Å². The van der Waals surface area contributed by atoms with Gasteiger partial charge in [-0.1, -0.05) is 23.5 Å². The lowest BCUT2D eigenvalue weighted by Gasteiger charge is -2.24. The Morgan fingerprint density at radius 3 is 2.54 bits per heavy atom. The molecule has 12 heteroatoms. The van der Waals surface area contributed by atoms with Crippen molar-refractivity contribution >= 4 is 34.2 Å².